The Kier molecular flexibility index (Phi) is 3.06. The highest BCUT2D eigenvalue weighted by Crippen LogP contribution is 2.46. The molecule has 0 amide bonds. The molecule has 3 rings (SSSR count). The molecule has 2 aliphatic heterocycles. The Bertz CT molecular complexity index is 578. The van der Waals surface area contributed by atoms with Crippen LogP contribution in [-0.4, -0.2) is 55.9 Å². The van der Waals surface area contributed by atoms with E-state index in [1.807, 2.05) is 11.8 Å². The zero-order valence-electron chi connectivity index (χ0n) is 11.0. The van der Waals surface area contributed by atoms with Crippen molar-refractivity contribution in [3.05, 3.63) is 5.01 Å². The van der Waals surface area contributed by atoms with Gasteiger partial charge in [-0.2, -0.15) is 0 Å². The summed E-state index contributed by atoms with van der Waals surface area (Å²) in [5, 5.41) is 9.78. The van der Waals surface area contributed by atoms with Crippen LogP contribution in [0, 0.1) is 12.8 Å². The summed E-state index contributed by atoms with van der Waals surface area (Å²) < 4.78 is 29.2. The van der Waals surface area contributed by atoms with E-state index in [1.165, 1.54) is 11.3 Å². The summed E-state index contributed by atoms with van der Waals surface area (Å²) in [4.78, 5) is 2.01. The first-order valence-corrected chi connectivity index (χ1v) is 8.72. The molecule has 1 unspecified atom stereocenters. The maximum atomic E-state index is 12.3. The summed E-state index contributed by atoms with van der Waals surface area (Å²) in [7, 11) is -1.39. The van der Waals surface area contributed by atoms with E-state index >= 15 is 0 Å². The number of sulfone groups is 1. The molecule has 2 fully saturated rings. The normalized spacial score (nSPS) is 27.7. The van der Waals surface area contributed by atoms with Crippen LogP contribution in [0.15, 0.2) is 0 Å². The fraction of sp³-hybridized carbons (Fsp3) is 0.818. The van der Waals surface area contributed by atoms with E-state index in [0.29, 0.717) is 26.1 Å². The van der Waals surface area contributed by atoms with Crippen molar-refractivity contribution in [2.75, 3.05) is 37.5 Å². The molecule has 1 aromatic heterocycles. The summed E-state index contributed by atoms with van der Waals surface area (Å²) in [5.41, 5.74) is 0. The Morgan fingerprint density at radius 3 is 2.79 bits per heavy atom. The Balaban J connectivity index is 1.81. The molecule has 2 saturated heterocycles. The van der Waals surface area contributed by atoms with Crippen LogP contribution in [0.3, 0.4) is 0 Å². The number of methoxy groups -OCH3 is 1. The van der Waals surface area contributed by atoms with Crippen LogP contribution in [0.4, 0.5) is 5.13 Å². The Labute approximate surface area is 116 Å². The molecule has 0 N–H and O–H groups in total. The smallest absolute Gasteiger partial charge is 0.208 e. The summed E-state index contributed by atoms with van der Waals surface area (Å²) in [6.45, 7) is 3.47. The van der Waals surface area contributed by atoms with Crippen LogP contribution >= 0.6 is 11.3 Å². The first-order chi connectivity index (χ1) is 8.98. The van der Waals surface area contributed by atoms with E-state index in [1.54, 1.807) is 7.11 Å². The first kappa shape index (κ1) is 13.3. The van der Waals surface area contributed by atoms with Gasteiger partial charge in [0.25, 0.3) is 0 Å². The summed E-state index contributed by atoms with van der Waals surface area (Å²) in [5.74, 6) is 0.386. The number of aromatic nitrogens is 2. The molecule has 0 aliphatic carbocycles. The third-order valence-electron chi connectivity index (χ3n) is 4.17. The lowest BCUT2D eigenvalue weighted by molar-refractivity contribution is 0.123. The summed E-state index contributed by atoms with van der Waals surface area (Å²) in [6.07, 6.45) is 0.708. The van der Waals surface area contributed by atoms with Crippen LogP contribution in [0.2, 0.25) is 0 Å². The number of hydrogen-bond acceptors (Lipinski definition) is 7. The van der Waals surface area contributed by atoms with Crippen molar-refractivity contribution in [2.24, 2.45) is 5.92 Å². The van der Waals surface area contributed by atoms with Crippen LogP contribution in [-0.2, 0) is 14.6 Å². The maximum absolute atomic E-state index is 12.3. The number of aryl methyl sites for hydroxylation is 1. The molecule has 6 nitrogen and oxygen atoms in total. The highest BCUT2D eigenvalue weighted by atomic mass is 32.2. The van der Waals surface area contributed by atoms with E-state index in [0.717, 1.165) is 10.1 Å². The van der Waals surface area contributed by atoms with Gasteiger partial charge in [-0.15, -0.1) is 10.2 Å². The number of anilines is 1. The highest BCUT2D eigenvalue weighted by Gasteiger charge is 2.62. The monoisotopic (exact) mass is 303 g/mol. The minimum Gasteiger partial charge on any atom is -0.384 e. The minimum atomic E-state index is -3.02. The van der Waals surface area contributed by atoms with Crippen molar-refractivity contribution in [3.8, 4) is 0 Å². The Hall–Kier alpha value is -0.730. The van der Waals surface area contributed by atoms with E-state index in [4.69, 9.17) is 4.74 Å². The lowest BCUT2D eigenvalue weighted by atomic mass is 9.84. The van der Waals surface area contributed by atoms with Gasteiger partial charge in [0, 0.05) is 26.1 Å². The fourth-order valence-corrected chi connectivity index (χ4v) is 6.14. The fourth-order valence-electron chi connectivity index (χ4n) is 3.06. The minimum absolute atomic E-state index is 0.104. The summed E-state index contributed by atoms with van der Waals surface area (Å²) in [6, 6.07) is 0. The molecule has 2 aliphatic rings. The predicted molar refractivity (Wildman–Crippen MR) is 73.4 cm³/mol. The van der Waals surface area contributed by atoms with E-state index < -0.39 is 14.6 Å². The standard InChI is InChI=1S/C11H17N3O3S2/c1-8-12-13-10(18-8)14-6-11(7-14)9(5-17-2)3-4-19(11,15)16/h9H,3-7H2,1-2H3. The Morgan fingerprint density at radius 1 is 1.47 bits per heavy atom. The number of nitrogens with zero attached hydrogens (tertiary/aromatic N) is 3. The molecule has 1 atom stereocenters. The van der Waals surface area contributed by atoms with Gasteiger partial charge in [-0.25, -0.2) is 8.42 Å². The van der Waals surface area contributed by atoms with Gasteiger partial charge in [0.1, 0.15) is 9.75 Å². The second-order valence-electron chi connectivity index (χ2n) is 5.28. The number of rotatable bonds is 3. The quantitative estimate of drug-likeness (QED) is 0.809. The number of hydrogen-bond donors (Lipinski definition) is 0. The van der Waals surface area contributed by atoms with Gasteiger partial charge in [0.15, 0.2) is 9.84 Å². The Morgan fingerprint density at radius 2 is 2.21 bits per heavy atom. The third kappa shape index (κ3) is 1.88. The molecule has 1 aromatic rings. The predicted octanol–water partition coefficient (Wildman–Crippen LogP) is 0.486. The van der Waals surface area contributed by atoms with Gasteiger partial charge < -0.3 is 9.64 Å². The molecular formula is C11H17N3O3S2. The van der Waals surface area contributed by atoms with Crippen molar-refractivity contribution in [1.29, 1.82) is 0 Å². The van der Waals surface area contributed by atoms with Crippen LogP contribution in [0.5, 0.6) is 0 Å². The van der Waals surface area contributed by atoms with Crippen LogP contribution in [0.25, 0.3) is 0 Å². The zero-order valence-corrected chi connectivity index (χ0v) is 12.6. The molecule has 8 heteroatoms. The van der Waals surface area contributed by atoms with Gasteiger partial charge in [-0.3, -0.25) is 0 Å². The topological polar surface area (TPSA) is 72.4 Å². The van der Waals surface area contributed by atoms with Gasteiger partial charge in [0.2, 0.25) is 5.13 Å². The zero-order chi connectivity index (χ0) is 13.7. The maximum Gasteiger partial charge on any atom is 0.208 e. The average Bonchev–Trinajstić information content (AvgIpc) is 2.80. The van der Waals surface area contributed by atoms with Crippen molar-refractivity contribution < 1.29 is 13.2 Å². The lowest BCUT2D eigenvalue weighted by Gasteiger charge is -2.49. The van der Waals surface area contributed by atoms with Crippen LogP contribution < -0.4 is 4.90 Å². The lowest BCUT2D eigenvalue weighted by Crippen LogP contribution is -2.67. The third-order valence-corrected chi connectivity index (χ3v) is 7.67. The molecule has 0 radical (unpaired) electrons. The van der Waals surface area contributed by atoms with Gasteiger partial charge >= 0.3 is 0 Å². The molecule has 0 aromatic carbocycles. The largest absolute Gasteiger partial charge is 0.384 e. The molecule has 0 saturated carbocycles. The highest BCUT2D eigenvalue weighted by molar-refractivity contribution is 7.93. The van der Waals surface area contributed by atoms with Gasteiger partial charge in [-0.05, 0) is 13.3 Å². The molecule has 19 heavy (non-hydrogen) atoms. The van der Waals surface area contributed by atoms with E-state index in [2.05, 4.69) is 10.2 Å². The second-order valence-corrected chi connectivity index (χ2v) is 8.90. The van der Waals surface area contributed by atoms with E-state index in [9.17, 15) is 8.42 Å². The van der Waals surface area contributed by atoms with Crippen LogP contribution in [0.1, 0.15) is 11.4 Å². The molecule has 0 bridgehead atoms. The molecular weight excluding hydrogens is 286 g/mol. The summed E-state index contributed by atoms with van der Waals surface area (Å²) >= 11 is 1.51. The molecule has 106 valence electrons. The molecule has 1 spiro atoms. The van der Waals surface area contributed by atoms with Crippen molar-refractivity contribution in [2.45, 2.75) is 18.1 Å². The van der Waals surface area contributed by atoms with Crippen molar-refractivity contribution in [1.82, 2.24) is 10.2 Å². The van der Waals surface area contributed by atoms with Crippen molar-refractivity contribution in [3.63, 3.8) is 0 Å². The number of ether oxygens (including phenoxy) is 1. The second kappa shape index (κ2) is 4.39. The van der Waals surface area contributed by atoms with Crippen molar-refractivity contribution >= 4 is 26.3 Å². The molecule has 3 heterocycles. The first-order valence-electron chi connectivity index (χ1n) is 6.25. The SMILES string of the molecule is COCC1CCS(=O)(=O)C12CN(c1nnc(C)s1)C2. The average molecular weight is 303 g/mol. The van der Waals surface area contributed by atoms with E-state index in [-0.39, 0.29) is 11.7 Å². The van der Waals surface area contributed by atoms with Gasteiger partial charge in [-0.1, -0.05) is 11.3 Å². The van der Waals surface area contributed by atoms with Gasteiger partial charge in [0.05, 0.1) is 12.4 Å².